The highest BCUT2D eigenvalue weighted by Gasteiger charge is 2.24. The SMILES string of the molecule is [2H]c1c([2H])c([2H])c(-c2ccc(-n3c4ccccc4c4ccc5c6ccccc6n(-c6nc(-c7ccccc7)nc(-c7cccc(-c8ccccc8)c7)n6)c5c43)cc2-c2ccccc2)c([2H])c1[2H]. The van der Waals surface area contributed by atoms with Gasteiger partial charge < -0.3 is 4.57 Å². The lowest BCUT2D eigenvalue weighted by Crippen LogP contribution is -2.07. The number of para-hydroxylation sites is 2. The highest BCUT2D eigenvalue weighted by atomic mass is 15.2. The first kappa shape index (κ1) is 30.6. The van der Waals surface area contributed by atoms with Gasteiger partial charge in [0.25, 0.3) is 0 Å². The van der Waals surface area contributed by atoms with Crippen LogP contribution in [0, 0.1) is 0 Å². The van der Waals surface area contributed by atoms with Gasteiger partial charge in [-0.05, 0) is 63.7 Å². The van der Waals surface area contributed by atoms with E-state index >= 15 is 0 Å². The van der Waals surface area contributed by atoms with Crippen LogP contribution in [0.4, 0.5) is 0 Å². The molecule has 3 heterocycles. The maximum atomic E-state index is 8.98. The number of hydrogen-bond acceptors (Lipinski definition) is 3. The monoisotopic (exact) mass is 796 g/mol. The fraction of sp³-hybridized carbons (Fsp3) is 0. The molecule has 3 aromatic heterocycles. The average molecular weight is 797 g/mol. The van der Waals surface area contributed by atoms with E-state index in [2.05, 4.69) is 88.0 Å². The van der Waals surface area contributed by atoms with Crippen LogP contribution in [0.25, 0.3) is 111 Å². The molecule has 0 bridgehead atoms. The second kappa shape index (κ2) is 14.7. The fourth-order valence-electron chi connectivity index (χ4n) is 8.89. The molecule has 0 fully saturated rings. The topological polar surface area (TPSA) is 48.5 Å². The number of rotatable bonds is 7. The van der Waals surface area contributed by atoms with E-state index < -0.39 is 6.04 Å². The highest BCUT2D eigenvalue weighted by Crippen LogP contribution is 2.43. The van der Waals surface area contributed by atoms with Crippen molar-refractivity contribution in [2.75, 3.05) is 0 Å². The summed E-state index contributed by atoms with van der Waals surface area (Å²) in [6, 6.07) is 63.7. The molecule has 0 aliphatic carbocycles. The highest BCUT2D eigenvalue weighted by molar-refractivity contribution is 6.23. The van der Waals surface area contributed by atoms with E-state index in [9.17, 15) is 0 Å². The van der Waals surface area contributed by atoms with Gasteiger partial charge in [0, 0.05) is 38.4 Å². The number of fused-ring (bicyclic) bond motifs is 7. The molecule has 5 nitrogen and oxygen atoms in total. The lowest BCUT2D eigenvalue weighted by molar-refractivity contribution is 0.953. The number of hydrogen-bond donors (Lipinski definition) is 0. The molecular formula is C57H37N5. The van der Waals surface area contributed by atoms with Crippen LogP contribution < -0.4 is 0 Å². The van der Waals surface area contributed by atoms with Gasteiger partial charge in [0.1, 0.15) is 0 Å². The van der Waals surface area contributed by atoms with E-state index in [1.807, 2.05) is 115 Å². The Morgan fingerprint density at radius 2 is 0.871 bits per heavy atom. The van der Waals surface area contributed by atoms with E-state index in [-0.39, 0.29) is 29.7 Å². The summed E-state index contributed by atoms with van der Waals surface area (Å²) >= 11 is 0. The maximum absolute atomic E-state index is 8.98. The second-order valence-electron chi connectivity index (χ2n) is 15.3. The summed E-state index contributed by atoms with van der Waals surface area (Å²) in [6.45, 7) is 0. The van der Waals surface area contributed by atoms with Gasteiger partial charge in [0.2, 0.25) is 5.95 Å². The minimum atomic E-state index is -0.428. The van der Waals surface area contributed by atoms with Crippen LogP contribution in [-0.2, 0) is 0 Å². The molecule has 0 atom stereocenters. The minimum Gasteiger partial charge on any atom is -0.307 e. The Morgan fingerprint density at radius 1 is 0.339 bits per heavy atom. The van der Waals surface area contributed by atoms with Crippen molar-refractivity contribution in [2.24, 2.45) is 0 Å². The molecular weight excluding hydrogens is 755 g/mol. The Kier molecular flexibility index (Phi) is 7.25. The minimum absolute atomic E-state index is 0.148. The standard InChI is InChI=1S/C57H37N5/c1-5-18-38(19-6-1)42-26-17-27-43(36-42)56-58-55(41-24-11-4-12-25-41)59-57(60-56)62-52-31-16-14-29-47(52)49-35-34-48-46-28-13-15-30-51(46)61(53(48)54(49)62)44-32-33-45(39-20-7-2-8-21-39)50(37-44)40-22-9-3-10-23-40/h1-37H/i2D,7D,8D,20D,21D. The predicted molar refractivity (Wildman–Crippen MR) is 256 cm³/mol. The smallest absolute Gasteiger partial charge is 0.238 e. The summed E-state index contributed by atoms with van der Waals surface area (Å²) in [7, 11) is 0. The van der Waals surface area contributed by atoms with Crippen molar-refractivity contribution in [3.05, 3.63) is 224 Å². The molecule has 9 aromatic carbocycles. The van der Waals surface area contributed by atoms with Gasteiger partial charge in [-0.1, -0.05) is 194 Å². The third-order valence-electron chi connectivity index (χ3n) is 11.7. The molecule has 0 aliphatic rings. The molecule has 5 heteroatoms. The van der Waals surface area contributed by atoms with Crippen molar-refractivity contribution >= 4 is 43.6 Å². The molecule has 0 spiro atoms. The van der Waals surface area contributed by atoms with Crippen LogP contribution in [-0.4, -0.2) is 24.1 Å². The molecule has 0 radical (unpaired) electrons. The van der Waals surface area contributed by atoms with E-state index in [4.69, 9.17) is 21.8 Å². The maximum Gasteiger partial charge on any atom is 0.238 e. The molecule has 12 rings (SSSR count). The fourth-order valence-corrected chi connectivity index (χ4v) is 8.89. The Morgan fingerprint density at radius 3 is 1.55 bits per heavy atom. The van der Waals surface area contributed by atoms with Crippen molar-refractivity contribution in [1.29, 1.82) is 0 Å². The first-order valence-corrected chi connectivity index (χ1v) is 20.5. The number of benzene rings is 9. The van der Waals surface area contributed by atoms with Crippen molar-refractivity contribution < 1.29 is 6.85 Å². The third-order valence-corrected chi connectivity index (χ3v) is 11.7. The molecule has 62 heavy (non-hydrogen) atoms. The number of aromatic nitrogens is 5. The average Bonchev–Trinajstić information content (AvgIpc) is 3.91. The predicted octanol–water partition coefficient (Wildman–Crippen LogP) is 14.4. The quantitative estimate of drug-likeness (QED) is 0.161. The van der Waals surface area contributed by atoms with Crippen molar-refractivity contribution in [3.63, 3.8) is 0 Å². The summed E-state index contributed by atoms with van der Waals surface area (Å²) in [5.74, 6) is 1.54. The van der Waals surface area contributed by atoms with Crippen LogP contribution in [0.15, 0.2) is 224 Å². The summed E-state index contributed by atoms with van der Waals surface area (Å²) in [6.07, 6.45) is 0. The Hall–Kier alpha value is -8.41. The molecule has 0 aliphatic heterocycles. The lowest BCUT2D eigenvalue weighted by Gasteiger charge is -2.16. The van der Waals surface area contributed by atoms with Gasteiger partial charge in [-0.2, -0.15) is 9.97 Å². The number of nitrogens with zero attached hydrogens (tertiary/aromatic N) is 5. The first-order chi connectivity index (χ1) is 32.8. The van der Waals surface area contributed by atoms with Crippen molar-refractivity contribution in [2.45, 2.75) is 0 Å². The zero-order chi connectivity index (χ0) is 45.3. The summed E-state index contributed by atoms with van der Waals surface area (Å²) in [5.41, 5.74) is 10.7. The zero-order valence-electron chi connectivity index (χ0n) is 38.2. The summed E-state index contributed by atoms with van der Waals surface area (Å²) < 4.78 is 47.8. The van der Waals surface area contributed by atoms with Crippen LogP contribution in [0.3, 0.4) is 0 Å². The van der Waals surface area contributed by atoms with Gasteiger partial charge in [-0.15, -0.1) is 0 Å². The van der Waals surface area contributed by atoms with E-state index in [1.54, 1.807) is 0 Å². The lowest BCUT2D eigenvalue weighted by atomic mass is 9.94. The van der Waals surface area contributed by atoms with Crippen LogP contribution in [0.5, 0.6) is 0 Å². The van der Waals surface area contributed by atoms with Crippen molar-refractivity contribution in [1.82, 2.24) is 24.1 Å². The molecule has 12 aromatic rings. The molecule has 290 valence electrons. The van der Waals surface area contributed by atoms with Gasteiger partial charge in [0.05, 0.1) is 28.9 Å². The van der Waals surface area contributed by atoms with Crippen LogP contribution in [0.1, 0.15) is 6.85 Å². The molecule has 0 unspecified atom stereocenters. The third kappa shape index (κ3) is 5.90. The van der Waals surface area contributed by atoms with Crippen LogP contribution in [0.2, 0.25) is 0 Å². The second-order valence-corrected chi connectivity index (χ2v) is 15.3. The van der Waals surface area contributed by atoms with E-state index in [0.717, 1.165) is 82.7 Å². The van der Waals surface area contributed by atoms with Gasteiger partial charge in [0.15, 0.2) is 11.6 Å². The summed E-state index contributed by atoms with van der Waals surface area (Å²) in [5, 5.41) is 4.12. The van der Waals surface area contributed by atoms with Gasteiger partial charge in [-0.25, -0.2) is 4.98 Å². The Labute approximate surface area is 365 Å². The first-order valence-electron chi connectivity index (χ1n) is 23.0. The zero-order valence-corrected chi connectivity index (χ0v) is 33.2. The molecule has 0 amide bonds. The van der Waals surface area contributed by atoms with Crippen molar-refractivity contribution in [3.8, 4) is 67.8 Å². The Bertz CT molecular complexity index is 3890. The van der Waals surface area contributed by atoms with Gasteiger partial charge >= 0.3 is 0 Å². The van der Waals surface area contributed by atoms with E-state index in [1.165, 1.54) is 0 Å². The van der Waals surface area contributed by atoms with E-state index in [0.29, 0.717) is 23.2 Å². The normalized spacial score (nSPS) is 12.7. The molecule has 0 saturated heterocycles. The van der Waals surface area contributed by atoms with Gasteiger partial charge in [-0.3, -0.25) is 4.57 Å². The Balaban J connectivity index is 1.18. The molecule has 0 saturated carbocycles. The van der Waals surface area contributed by atoms with Crippen LogP contribution >= 0.6 is 0 Å². The molecule has 0 N–H and O–H groups in total. The largest absolute Gasteiger partial charge is 0.307 e. The summed E-state index contributed by atoms with van der Waals surface area (Å²) in [4.78, 5) is 15.8.